The highest BCUT2D eigenvalue weighted by Crippen LogP contribution is 2.20. The minimum atomic E-state index is -0.579. The smallest absolute Gasteiger partial charge is 0.227 e. The molecule has 1 fully saturated rings. The third-order valence-electron chi connectivity index (χ3n) is 2.79. The van der Waals surface area contributed by atoms with Gasteiger partial charge in [0.05, 0.1) is 24.1 Å². The van der Waals surface area contributed by atoms with Gasteiger partial charge in [-0.25, -0.2) is 8.78 Å². The summed E-state index contributed by atoms with van der Waals surface area (Å²) < 4.78 is 32.0. The van der Waals surface area contributed by atoms with Gasteiger partial charge in [-0.1, -0.05) is 0 Å². The van der Waals surface area contributed by atoms with Crippen LogP contribution in [0.4, 0.5) is 8.78 Å². The fourth-order valence-electron chi connectivity index (χ4n) is 1.79. The van der Waals surface area contributed by atoms with Gasteiger partial charge >= 0.3 is 0 Å². The Labute approximate surface area is 112 Å². The standard InChI is InChI=1S/C12H12BrF2NO2/c13-9-7-10(14)8(5-11(9)15)6-12(17)16-1-3-18-4-2-16/h5,7H,1-4,6H2. The number of amides is 1. The molecular formula is C12H12BrF2NO2. The van der Waals surface area contributed by atoms with Crippen molar-refractivity contribution in [3.63, 3.8) is 0 Å². The second kappa shape index (κ2) is 5.75. The Bertz CT molecular complexity index is 462. The van der Waals surface area contributed by atoms with E-state index < -0.39 is 11.6 Å². The number of ether oxygens (including phenoxy) is 1. The number of halogens is 3. The van der Waals surface area contributed by atoms with E-state index in [4.69, 9.17) is 4.74 Å². The monoisotopic (exact) mass is 319 g/mol. The molecule has 98 valence electrons. The molecule has 0 saturated carbocycles. The molecule has 0 radical (unpaired) electrons. The largest absolute Gasteiger partial charge is 0.378 e. The van der Waals surface area contributed by atoms with E-state index in [-0.39, 0.29) is 22.4 Å². The topological polar surface area (TPSA) is 29.5 Å². The van der Waals surface area contributed by atoms with Gasteiger partial charge in [0.1, 0.15) is 11.6 Å². The van der Waals surface area contributed by atoms with Crippen molar-refractivity contribution >= 4 is 21.8 Å². The zero-order chi connectivity index (χ0) is 13.1. The summed E-state index contributed by atoms with van der Waals surface area (Å²) in [6.45, 7) is 1.98. The molecule has 1 aromatic rings. The predicted octanol–water partition coefficient (Wildman–Crippen LogP) is 2.13. The molecule has 18 heavy (non-hydrogen) atoms. The van der Waals surface area contributed by atoms with Crippen LogP contribution in [0.2, 0.25) is 0 Å². The van der Waals surface area contributed by atoms with E-state index in [2.05, 4.69) is 15.9 Å². The van der Waals surface area contributed by atoms with Crippen molar-refractivity contribution in [2.45, 2.75) is 6.42 Å². The molecule has 6 heteroatoms. The number of carbonyl (C=O) groups excluding carboxylic acids is 1. The third kappa shape index (κ3) is 3.05. The number of carbonyl (C=O) groups is 1. The SMILES string of the molecule is O=C(Cc1cc(F)c(Br)cc1F)N1CCOCC1. The summed E-state index contributed by atoms with van der Waals surface area (Å²) in [5.41, 5.74) is 0.0761. The lowest BCUT2D eigenvalue weighted by atomic mass is 10.1. The molecule has 2 rings (SSSR count). The van der Waals surface area contributed by atoms with Crippen LogP contribution in [-0.4, -0.2) is 37.1 Å². The number of hydrogen-bond acceptors (Lipinski definition) is 2. The first-order valence-corrected chi connectivity index (χ1v) is 6.36. The zero-order valence-electron chi connectivity index (χ0n) is 9.59. The average molecular weight is 320 g/mol. The van der Waals surface area contributed by atoms with E-state index in [0.717, 1.165) is 12.1 Å². The molecule has 1 saturated heterocycles. The molecule has 1 heterocycles. The van der Waals surface area contributed by atoms with Gasteiger partial charge in [-0.2, -0.15) is 0 Å². The fourth-order valence-corrected chi connectivity index (χ4v) is 2.10. The van der Waals surface area contributed by atoms with Crippen LogP contribution in [-0.2, 0) is 16.0 Å². The van der Waals surface area contributed by atoms with Gasteiger partial charge < -0.3 is 9.64 Å². The van der Waals surface area contributed by atoms with Gasteiger partial charge in [0.15, 0.2) is 0 Å². The zero-order valence-corrected chi connectivity index (χ0v) is 11.2. The number of nitrogens with zero attached hydrogens (tertiary/aromatic N) is 1. The Kier molecular flexibility index (Phi) is 4.29. The summed E-state index contributed by atoms with van der Waals surface area (Å²) in [7, 11) is 0. The lowest BCUT2D eigenvalue weighted by molar-refractivity contribution is -0.134. The lowest BCUT2D eigenvalue weighted by Gasteiger charge is -2.26. The molecule has 1 amide bonds. The molecule has 1 aliphatic rings. The molecule has 0 bridgehead atoms. The Hall–Kier alpha value is -1.01. The van der Waals surface area contributed by atoms with Crippen molar-refractivity contribution in [1.82, 2.24) is 4.90 Å². The molecule has 0 aromatic heterocycles. The summed E-state index contributed by atoms with van der Waals surface area (Å²) in [5, 5.41) is 0. The lowest BCUT2D eigenvalue weighted by Crippen LogP contribution is -2.41. The minimum Gasteiger partial charge on any atom is -0.378 e. The number of hydrogen-bond donors (Lipinski definition) is 0. The quantitative estimate of drug-likeness (QED) is 0.782. The van der Waals surface area contributed by atoms with Crippen LogP contribution in [0.3, 0.4) is 0 Å². The summed E-state index contributed by atoms with van der Waals surface area (Å²) >= 11 is 2.90. The van der Waals surface area contributed by atoms with Crippen molar-refractivity contribution in [1.29, 1.82) is 0 Å². The number of morpholine rings is 1. The van der Waals surface area contributed by atoms with Crippen molar-refractivity contribution in [3.8, 4) is 0 Å². The summed E-state index contributed by atoms with van der Waals surface area (Å²) in [4.78, 5) is 13.5. The van der Waals surface area contributed by atoms with Crippen LogP contribution in [0, 0.1) is 11.6 Å². The van der Waals surface area contributed by atoms with Crippen LogP contribution >= 0.6 is 15.9 Å². The number of rotatable bonds is 2. The van der Waals surface area contributed by atoms with Crippen LogP contribution < -0.4 is 0 Å². The Morgan fingerprint density at radius 2 is 1.94 bits per heavy atom. The Morgan fingerprint density at radius 3 is 2.61 bits per heavy atom. The first kappa shape index (κ1) is 13.4. The average Bonchev–Trinajstić information content (AvgIpc) is 2.37. The van der Waals surface area contributed by atoms with Gasteiger partial charge in [-0.05, 0) is 28.1 Å². The molecule has 1 aromatic carbocycles. The second-order valence-corrected chi connectivity index (χ2v) is 4.88. The van der Waals surface area contributed by atoms with Crippen LogP contribution in [0.25, 0.3) is 0 Å². The van der Waals surface area contributed by atoms with E-state index in [0.29, 0.717) is 26.3 Å². The van der Waals surface area contributed by atoms with Crippen molar-refractivity contribution in [3.05, 3.63) is 33.8 Å². The van der Waals surface area contributed by atoms with E-state index in [1.54, 1.807) is 4.90 Å². The first-order chi connectivity index (χ1) is 8.58. The van der Waals surface area contributed by atoms with Crippen molar-refractivity contribution in [2.75, 3.05) is 26.3 Å². The maximum Gasteiger partial charge on any atom is 0.227 e. The van der Waals surface area contributed by atoms with E-state index in [9.17, 15) is 13.6 Å². The van der Waals surface area contributed by atoms with Crippen LogP contribution in [0.1, 0.15) is 5.56 Å². The van der Waals surface area contributed by atoms with E-state index in [1.807, 2.05) is 0 Å². The van der Waals surface area contributed by atoms with E-state index in [1.165, 1.54) is 0 Å². The van der Waals surface area contributed by atoms with E-state index >= 15 is 0 Å². The maximum absolute atomic E-state index is 13.6. The summed E-state index contributed by atoms with van der Waals surface area (Å²) in [5.74, 6) is -1.36. The van der Waals surface area contributed by atoms with Crippen molar-refractivity contribution < 1.29 is 18.3 Å². The molecule has 0 unspecified atom stereocenters. The maximum atomic E-state index is 13.6. The molecule has 0 N–H and O–H groups in total. The molecule has 1 aliphatic heterocycles. The van der Waals surface area contributed by atoms with Gasteiger partial charge in [0.25, 0.3) is 0 Å². The summed E-state index contributed by atoms with van der Waals surface area (Å²) in [6, 6.07) is 2.09. The third-order valence-corrected chi connectivity index (χ3v) is 3.40. The highest BCUT2D eigenvalue weighted by atomic mass is 79.9. The molecule has 3 nitrogen and oxygen atoms in total. The van der Waals surface area contributed by atoms with Crippen LogP contribution in [0.5, 0.6) is 0 Å². The van der Waals surface area contributed by atoms with Crippen molar-refractivity contribution in [2.24, 2.45) is 0 Å². The van der Waals surface area contributed by atoms with Gasteiger partial charge in [-0.15, -0.1) is 0 Å². The van der Waals surface area contributed by atoms with Gasteiger partial charge in [0.2, 0.25) is 5.91 Å². The normalized spacial score (nSPS) is 15.8. The highest BCUT2D eigenvalue weighted by Gasteiger charge is 2.19. The summed E-state index contributed by atoms with van der Waals surface area (Å²) in [6.07, 6.45) is -0.129. The second-order valence-electron chi connectivity index (χ2n) is 4.03. The molecular weight excluding hydrogens is 308 g/mol. The van der Waals surface area contributed by atoms with Gasteiger partial charge in [-0.3, -0.25) is 4.79 Å². The Balaban J connectivity index is 2.08. The van der Waals surface area contributed by atoms with Crippen LogP contribution in [0.15, 0.2) is 16.6 Å². The van der Waals surface area contributed by atoms with Gasteiger partial charge in [0, 0.05) is 18.7 Å². The highest BCUT2D eigenvalue weighted by molar-refractivity contribution is 9.10. The molecule has 0 spiro atoms. The predicted molar refractivity (Wildman–Crippen MR) is 65.2 cm³/mol. The minimum absolute atomic E-state index is 0.0579. The Morgan fingerprint density at radius 1 is 1.28 bits per heavy atom. The molecule has 0 atom stereocenters. The number of benzene rings is 1. The fraction of sp³-hybridized carbons (Fsp3) is 0.417. The molecule has 0 aliphatic carbocycles. The first-order valence-electron chi connectivity index (χ1n) is 5.57.